The van der Waals surface area contributed by atoms with Crippen molar-refractivity contribution in [2.45, 2.75) is 50.1 Å². The predicted octanol–water partition coefficient (Wildman–Crippen LogP) is 5.30. The lowest BCUT2D eigenvalue weighted by Crippen LogP contribution is -2.30. The molecular weight excluding hydrogens is 451 g/mol. The van der Waals surface area contributed by atoms with E-state index in [4.69, 9.17) is 4.52 Å². The first-order chi connectivity index (χ1) is 16.7. The monoisotopic (exact) mass is 478 g/mol. The molecule has 0 unspecified atom stereocenters. The van der Waals surface area contributed by atoms with Gasteiger partial charge in [0.2, 0.25) is 11.7 Å². The van der Waals surface area contributed by atoms with Gasteiger partial charge in [-0.2, -0.15) is 4.98 Å². The summed E-state index contributed by atoms with van der Waals surface area (Å²) >= 11 is 1.48. The molecule has 7 nitrogen and oxygen atoms in total. The van der Waals surface area contributed by atoms with Crippen molar-refractivity contribution in [1.29, 1.82) is 0 Å². The third kappa shape index (κ3) is 5.20. The lowest BCUT2D eigenvalue weighted by Gasteiger charge is -2.26. The summed E-state index contributed by atoms with van der Waals surface area (Å²) in [5, 5.41) is 13.8. The summed E-state index contributed by atoms with van der Waals surface area (Å²) in [6.07, 6.45) is 4.67. The first kappa shape index (κ1) is 22.7. The summed E-state index contributed by atoms with van der Waals surface area (Å²) in [5.74, 6) is 2.13. The Labute approximate surface area is 202 Å². The minimum absolute atomic E-state index is 0.269. The Morgan fingerprint density at radius 2 is 1.74 bits per heavy atom. The van der Waals surface area contributed by atoms with Crippen LogP contribution in [0.25, 0.3) is 17.1 Å². The number of halogens is 1. The first-order valence-corrected chi connectivity index (χ1v) is 12.7. The molecule has 0 atom stereocenters. The van der Waals surface area contributed by atoms with Gasteiger partial charge in [-0.1, -0.05) is 54.5 Å². The van der Waals surface area contributed by atoms with E-state index in [1.54, 1.807) is 12.1 Å². The van der Waals surface area contributed by atoms with Crippen LogP contribution in [0.3, 0.4) is 0 Å². The third-order valence-electron chi connectivity index (χ3n) is 6.01. The summed E-state index contributed by atoms with van der Waals surface area (Å²) in [6.45, 7) is 4.95. The van der Waals surface area contributed by atoms with Crippen molar-refractivity contribution in [2.24, 2.45) is 0 Å². The van der Waals surface area contributed by atoms with Crippen LogP contribution >= 0.6 is 11.8 Å². The highest BCUT2D eigenvalue weighted by atomic mass is 32.2. The molecule has 0 N–H and O–H groups in total. The van der Waals surface area contributed by atoms with E-state index in [9.17, 15) is 4.39 Å². The second-order valence-corrected chi connectivity index (χ2v) is 9.34. The van der Waals surface area contributed by atoms with E-state index in [1.165, 1.54) is 48.7 Å². The van der Waals surface area contributed by atoms with E-state index in [-0.39, 0.29) is 5.82 Å². The number of aromatic nitrogens is 5. The molecule has 34 heavy (non-hydrogen) atoms. The zero-order valence-electron chi connectivity index (χ0n) is 19.2. The fraction of sp³-hybridized carbons (Fsp3) is 0.360. The van der Waals surface area contributed by atoms with Crippen LogP contribution in [0, 0.1) is 5.82 Å². The smallest absolute Gasteiger partial charge is 0.237 e. The maximum absolute atomic E-state index is 13.6. The van der Waals surface area contributed by atoms with Crippen molar-refractivity contribution in [2.75, 3.05) is 13.1 Å². The molecule has 0 amide bonds. The largest absolute Gasteiger partial charge is 0.338 e. The second kappa shape index (κ2) is 10.5. The number of hydrogen-bond acceptors (Lipinski definition) is 7. The molecule has 0 radical (unpaired) electrons. The van der Waals surface area contributed by atoms with Gasteiger partial charge in [0, 0.05) is 11.3 Å². The Bertz CT molecular complexity index is 1220. The summed E-state index contributed by atoms with van der Waals surface area (Å²) in [7, 11) is 0. The molecule has 0 bridgehead atoms. The van der Waals surface area contributed by atoms with Crippen LogP contribution in [0.1, 0.15) is 43.5 Å². The van der Waals surface area contributed by atoms with Crippen LogP contribution in [0.5, 0.6) is 0 Å². The highest BCUT2D eigenvalue weighted by molar-refractivity contribution is 7.98. The number of aryl methyl sites for hydroxylation is 1. The van der Waals surface area contributed by atoms with Crippen LogP contribution in [0.4, 0.5) is 4.39 Å². The van der Waals surface area contributed by atoms with Crippen LogP contribution in [0.2, 0.25) is 0 Å². The molecule has 0 saturated carbocycles. The highest BCUT2D eigenvalue weighted by Gasteiger charge is 2.20. The maximum Gasteiger partial charge on any atom is 0.237 e. The first-order valence-electron chi connectivity index (χ1n) is 11.7. The molecule has 9 heteroatoms. The average Bonchev–Trinajstić information content (AvgIpc) is 3.51. The molecule has 1 aliphatic rings. The molecule has 0 aliphatic carbocycles. The SMILES string of the molecule is CCc1ccc(-c2noc(CSc3nnc(CN4CCCCC4)n3-c3ccc(F)cc3)n2)cc1. The van der Waals surface area contributed by atoms with Gasteiger partial charge in [0.05, 0.1) is 12.3 Å². The Hall–Kier alpha value is -3.04. The number of benzene rings is 2. The van der Waals surface area contributed by atoms with Gasteiger partial charge in [0.15, 0.2) is 11.0 Å². The summed E-state index contributed by atoms with van der Waals surface area (Å²) in [5.41, 5.74) is 3.03. The molecule has 3 heterocycles. The average molecular weight is 479 g/mol. The van der Waals surface area contributed by atoms with Crippen LogP contribution in [-0.4, -0.2) is 42.9 Å². The number of likely N-dealkylation sites (tertiary alicyclic amines) is 1. The molecule has 2 aromatic heterocycles. The topological polar surface area (TPSA) is 72.9 Å². The summed E-state index contributed by atoms with van der Waals surface area (Å²) in [4.78, 5) is 6.95. The van der Waals surface area contributed by atoms with E-state index in [0.29, 0.717) is 29.2 Å². The van der Waals surface area contributed by atoms with Gasteiger partial charge in [0.25, 0.3) is 0 Å². The molecule has 5 rings (SSSR count). The molecule has 176 valence electrons. The zero-order valence-corrected chi connectivity index (χ0v) is 20.0. The van der Waals surface area contributed by atoms with Gasteiger partial charge >= 0.3 is 0 Å². The summed E-state index contributed by atoms with van der Waals surface area (Å²) < 4.78 is 21.1. The standard InChI is InChI=1S/C25H27FN6OS/c1-2-18-6-8-19(9-7-18)24-27-23(33-30-24)17-34-25-29-28-22(16-31-14-4-3-5-15-31)32(25)21-12-10-20(26)11-13-21/h6-13H,2-5,14-17H2,1H3. The maximum atomic E-state index is 13.6. The van der Waals surface area contributed by atoms with E-state index in [0.717, 1.165) is 36.6 Å². The summed E-state index contributed by atoms with van der Waals surface area (Å²) in [6, 6.07) is 14.6. The quantitative estimate of drug-likeness (QED) is 0.318. The number of thioether (sulfide) groups is 1. The van der Waals surface area contributed by atoms with E-state index < -0.39 is 0 Å². The van der Waals surface area contributed by atoms with E-state index in [2.05, 4.69) is 44.3 Å². The Kier molecular flexibility index (Phi) is 7.01. The number of rotatable bonds is 8. The van der Waals surface area contributed by atoms with Gasteiger partial charge in [-0.15, -0.1) is 10.2 Å². The minimum atomic E-state index is -0.269. The molecule has 4 aromatic rings. The van der Waals surface area contributed by atoms with Gasteiger partial charge in [-0.05, 0) is 62.2 Å². The molecule has 0 spiro atoms. The molecule has 1 saturated heterocycles. The Morgan fingerprint density at radius 3 is 2.47 bits per heavy atom. The number of nitrogens with zero attached hydrogens (tertiary/aromatic N) is 6. The number of hydrogen-bond donors (Lipinski definition) is 0. The molecule has 2 aromatic carbocycles. The van der Waals surface area contributed by atoms with Crippen molar-refractivity contribution in [1.82, 2.24) is 29.8 Å². The van der Waals surface area contributed by atoms with E-state index in [1.807, 2.05) is 16.7 Å². The molecule has 1 fully saturated rings. The Morgan fingerprint density at radius 1 is 0.971 bits per heavy atom. The van der Waals surface area contributed by atoms with Gasteiger partial charge < -0.3 is 4.52 Å². The molecule has 1 aliphatic heterocycles. The van der Waals surface area contributed by atoms with Crippen LogP contribution < -0.4 is 0 Å². The zero-order chi connectivity index (χ0) is 23.3. The predicted molar refractivity (Wildman–Crippen MR) is 129 cm³/mol. The van der Waals surface area contributed by atoms with Crippen LogP contribution in [-0.2, 0) is 18.7 Å². The van der Waals surface area contributed by atoms with Crippen molar-refractivity contribution in [3.05, 3.63) is 71.6 Å². The fourth-order valence-corrected chi connectivity index (χ4v) is 4.92. The van der Waals surface area contributed by atoms with Gasteiger partial charge in [-0.3, -0.25) is 9.47 Å². The molecular formula is C25H27FN6OS. The van der Waals surface area contributed by atoms with Crippen molar-refractivity contribution >= 4 is 11.8 Å². The van der Waals surface area contributed by atoms with Gasteiger partial charge in [0.1, 0.15) is 5.82 Å². The lowest BCUT2D eigenvalue weighted by molar-refractivity contribution is 0.214. The Balaban J connectivity index is 1.35. The second-order valence-electron chi connectivity index (χ2n) is 8.40. The van der Waals surface area contributed by atoms with E-state index >= 15 is 0 Å². The van der Waals surface area contributed by atoms with Crippen molar-refractivity contribution < 1.29 is 8.91 Å². The number of piperidine rings is 1. The van der Waals surface area contributed by atoms with Crippen molar-refractivity contribution in [3.63, 3.8) is 0 Å². The fourth-order valence-electron chi connectivity index (χ4n) is 4.11. The van der Waals surface area contributed by atoms with Crippen molar-refractivity contribution in [3.8, 4) is 17.1 Å². The van der Waals surface area contributed by atoms with Gasteiger partial charge in [-0.25, -0.2) is 4.39 Å². The minimum Gasteiger partial charge on any atom is -0.338 e. The normalized spacial score (nSPS) is 14.5. The lowest BCUT2D eigenvalue weighted by atomic mass is 10.1. The highest BCUT2D eigenvalue weighted by Crippen LogP contribution is 2.27. The van der Waals surface area contributed by atoms with Crippen LogP contribution in [0.15, 0.2) is 58.2 Å². The third-order valence-corrected chi connectivity index (χ3v) is 6.93.